The largest absolute Gasteiger partial charge is 0.460 e. The number of rotatable bonds is 8. The van der Waals surface area contributed by atoms with Crippen molar-refractivity contribution in [1.29, 1.82) is 0 Å². The van der Waals surface area contributed by atoms with Gasteiger partial charge in [-0.15, -0.1) is 0 Å². The summed E-state index contributed by atoms with van der Waals surface area (Å²) in [6.07, 6.45) is -8.93. The lowest BCUT2D eigenvalue weighted by atomic mass is 9.82. The molecule has 0 spiro atoms. The summed E-state index contributed by atoms with van der Waals surface area (Å²) in [7, 11) is 0. The van der Waals surface area contributed by atoms with Crippen LogP contribution in [-0.2, 0) is 44.6 Å². The molecule has 33 heavy (non-hydrogen) atoms. The SMILES string of the molecule is CCC(CC)(C(=O)OCc1ccc(C(F)(F)F)cc1)C(=O)OCc1ccc(C(F)(F)F)cc1. The third-order valence-electron chi connectivity index (χ3n) is 5.29. The molecule has 4 nitrogen and oxygen atoms in total. The molecule has 0 bridgehead atoms. The first-order valence-electron chi connectivity index (χ1n) is 10.00. The van der Waals surface area contributed by atoms with Crippen molar-refractivity contribution < 1.29 is 45.4 Å². The van der Waals surface area contributed by atoms with E-state index in [1.54, 1.807) is 13.8 Å². The average Bonchev–Trinajstić information content (AvgIpc) is 2.76. The Balaban J connectivity index is 2.03. The van der Waals surface area contributed by atoms with Gasteiger partial charge in [-0.2, -0.15) is 26.3 Å². The number of esters is 2. The Labute approximate surface area is 186 Å². The number of carbonyl (C=O) groups excluding carboxylic acids is 2. The summed E-state index contributed by atoms with van der Waals surface area (Å²) in [5.74, 6) is -1.80. The van der Waals surface area contributed by atoms with Gasteiger partial charge in [-0.3, -0.25) is 9.59 Å². The first kappa shape index (κ1) is 26.2. The maximum absolute atomic E-state index is 12.7. The molecule has 0 heterocycles. The Kier molecular flexibility index (Phi) is 8.16. The van der Waals surface area contributed by atoms with E-state index in [4.69, 9.17) is 9.47 Å². The van der Waals surface area contributed by atoms with Crippen molar-refractivity contribution in [2.75, 3.05) is 0 Å². The number of halogens is 6. The summed E-state index contributed by atoms with van der Waals surface area (Å²) in [5, 5.41) is 0. The Morgan fingerprint density at radius 1 is 0.636 bits per heavy atom. The van der Waals surface area contributed by atoms with Gasteiger partial charge >= 0.3 is 24.3 Å². The molecule has 10 heteroatoms. The van der Waals surface area contributed by atoms with Crippen LogP contribution in [0.15, 0.2) is 48.5 Å². The van der Waals surface area contributed by atoms with Gasteiger partial charge < -0.3 is 9.47 Å². The van der Waals surface area contributed by atoms with Gasteiger partial charge in [0, 0.05) is 0 Å². The summed E-state index contributed by atoms with van der Waals surface area (Å²) in [6, 6.07) is 8.08. The second-order valence-corrected chi connectivity index (χ2v) is 7.33. The molecule has 0 saturated heterocycles. The molecule has 0 atom stereocenters. The lowest BCUT2D eigenvalue weighted by Crippen LogP contribution is -2.41. The van der Waals surface area contributed by atoms with Crippen LogP contribution >= 0.6 is 0 Å². The van der Waals surface area contributed by atoms with Gasteiger partial charge in [-0.25, -0.2) is 0 Å². The Morgan fingerprint density at radius 3 is 1.18 bits per heavy atom. The maximum atomic E-state index is 12.7. The van der Waals surface area contributed by atoms with Crippen molar-refractivity contribution in [2.45, 2.75) is 52.3 Å². The minimum Gasteiger partial charge on any atom is -0.460 e. The smallest absolute Gasteiger partial charge is 0.416 e. The second kappa shape index (κ2) is 10.3. The fourth-order valence-corrected chi connectivity index (χ4v) is 3.06. The van der Waals surface area contributed by atoms with E-state index in [0.717, 1.165) is 24.3 Å². The number of hydrogen-bond acceptors (Lipinski definition) is 4. The van der Waals surface area contributed by atoms with Crippen molar-refractivity contribution in [3.63, 3.8) is 0 Å². The molecule has 0 aliphatic carbocycles. The van der Waals surface area contributed by atoms with Gasteiger partial charge in [0.05, 0.1) is 11.1 Å². The van der Waals surface area contributed by atoms with Crippen LogP contribution in [0.25, 0.3) is 0 Å². The molecule has 0 amide bonds. The highest BCUT2D eigenvalue weighted by Gasteiger charge is 2.46. The molecular formula is C23H22F6O4. The van der Waals surface area contributed by atoms with Crippen molar-refractivity contribution in [2.24, 2.45) is 5.41 Å². The molecule has 2 aromatic carbocycles. The molecule has 0 fully saturated rings. The molecule has 180 valence electrons. The van der Waals surface area contributed by atoms with Crippen molar-refractivity contribution >= 4 is 11.9 Å². The summed E-state index contributed by atoms with van der Waals surface area (Å²) >= 11 is 0. The van der Waals surface area contributed by atoms with E-state index in [1.165, 1.54) is 24.3 Å². The van der Waals surface area contributed by atoms with Crippen molar-refractivity contribution in [3.8, 4) is 0 Å². The van der Waals surface area contributed by atoms with Crippen LogP contribution in [0.5, 0.6) is 0 Å². The average molecular weight is 476 g/mol. The van der Waals surface area contributed by atoms with Crippen molar-refractivity contribution in [3.05, 3.63) is 70.8 Å². The molecule has 0 radical (unpaired) electrons. The Hall–Kier alpha value is -3.04. The zero-order valence-corrected chi connectivity index (χ0v) is 17.8. The molecule has 0 saturated carbocycles. The Bertz CT molecular complexity index is 867. The summed E-state index contributed by atoms with van der Waals surface area (Å²) < 4.78 is 86.3. The highest BCUT2D eigenvalue weighted by atomic mass is 19.4. The van der Waals surface area contributed by atoms with E-state index in [0.29, 0.717) is 11.1 Å². The number of ether oxygens (including phenoxy) is 2. The van der Waals surface area contributed by atoms with Gasteiger partial charge in [-0.05, 0) is 48.2 Å². The highest BCUT2D eigenvalue weighted by molar-refractivity contribution is 6.00. The van der Waals surface area contributed by atoms with Crippen LogP contribution in [0.4, 0.5) is 26.3 Å². The number of hydrogen-bond donors (Lipinski definition) is 0. The zero-order valence-electron chi connectivity index (χ0n) is 17.8. The Morgan fingerprint density at radius 2 is 0.939 bits per heavy atom. The minimum absolute atomic E-state index is 0.0290. The van der Waals surface area contributed by atoms with Crippen LogP contribution in [0.2, 0.25) is 0 Å². The van der Waals surface area contributed by atoms with Gasteiger partial charge in [-0.1, -0.05) is 38.1 Å². The predicted octanol–water partition coefficient (Wildman–Crippen LogP) is 6.32. The van der Waals surface area contributed by atoms with E-state index in [-0.39, 0.29) is 26.1 Å². The fourth-order valence-electron chi connectivity index (χ4n) is 3.06. The summed E-state index contributed by atoms with van der Waals surface area (Å²) in [6.45, 7) is 2.46. The van der Waals surface area contributed by atoms with Crippen LogP contribution in [-0.4, -0.2) is 11.9 Å². The van der Waals surface area contributed by atoms with Crippen LogP contribution < -0.4 is 0 Å². The first-order chi connectivity index (χ1) is 15.3. The predicted molar refractivity (Wildman–Crippen MR) is 105 cm³/mol. The normalized spacial score (nSPS) is 12.4. The molecule has 2 rings (SSSR count). The van der Waals surface area contributed by atoms with E-state index in [1.807, 2.05) is 0 Å². The topological polar surface area (TPSA) is 52.6 Å². The lowest BCUT2D eigenvalue weighted by Gasteiger charge is -2.27. The summed E-state index contributed by atoms with van der Waals surface area (Å²) in [5.41, 5.74) is -2.74. The standard InChI is InChI=1S/C23H22F6O4/c1-3-21(4-2,19(30)32-13-15-5-9-17(10-6-15)22(24,25)26)20(31)33-14-16-7-11-18(12-8-16)23(27,28)29/h5-12H,3-4,13-14H2,1-2H3. The molecule has 0 aromatic heterocycles. The number of alkyl halides is 6. The number of benzene rings is 2. The van der Waals surface area contributed by atoms with Gasteiger partial charge in [0.15, 0.2) is 5.41 Å². The molecule has 2 aromatic rings. The van der Waals surface area contributed by atoms with Crippen LogP contribution in [0.1, 0.15) is 48.9 Å². The van der Waals surface area contributed by atoms with E-state index >= 15 is 0 Å². The molecule has 0 aliphatic rings. The zero-order chi connectivity index (χ0) is 24.9. The molecular weight excluding hydrogens is 454 g/mol. The van der Waals surface area contributed by atoms with Crippen LogP contribution in [0.3, 0.4) is 0 Å². The highest BCUT2D eigenvalue weighted by Crippen LogP contribution is 2.33. The molecule has 0 unspecified atom stereocenters. The third-order valence-corrected chi connectivity index (χ3v) is 5.29. The second-order valence-electron chi connectivity index (χ2n) is 7.33. The van der Waals surface area contributed by atoms with Gasteiger partial charge in [0.2, 0.25) is 0 Å². The number of carbonyl (C=O) groups is 2. The van der Waals surface area contributed by atoms with Crippen molar-refractivity contribution in [1.82, 2.24) is 0 Å². The van der Waals surface area contributed by atoms with Crippen LogP contribution in [0, 0.1) is 5.41 Å². The van der Waals surface area contributed by atoms with Gasteiger partial charge in [0.25, 0.3) is 0 Å². The minimum atomic E-state index is -4.49. The third kappa shape index (κ3) is 6.49. The van der Waals surface area contributed by atoms with Gasteiger partial charge in [0.1, 0.15) is 13.2 Å². The monoisotopic (exact) mass is 476 g/mol. The quantitative estimate of drug-likeness (QED) is 0.254. The summed E-state index contributed by atoms with van der Waals surface area (Å²) in [4.78, 5) is 25.4. The van der Waals surface area contributed by atoms with E-state index in [2.05, 4.69) is 0 Å². The molecule has 0 N–H and O–H groups in total. The van der Waals surface area contributed by atoms with E-state index in [9.17, 15) is 35.9 Å². The maximum Gasteiger partial charge on any atom is 0.416 e. The molecule has 0 aliphatic heterocycles. The first-order valence-corrected chi connectivity index (χ1v) is 10.00. The van der Waals surface area contributed by atoms with E-state index < -0.39 is 40.8 Å². The fraction of sp³-hybridized carbons (Fsp3) is 0.391. The lowest BCUT2D eigenvalue weighted by molar-refractivity contribution is -0.175.